The smallest absolute Gasteiger partial charge is 0.397 e. The number of anilines is 1. The van der Waals surface area contributed by atoms with Crippen LogP contribution in [0.4, 0.5) is 18.9 Å². The second-order valence-corrected chi connectivity index (χ2v) is 7.23. The van der Waals surface area contributed by atoms with Gasteiger partial charge in [-0.15, -0.1) is 12.4 Å². The fourth-order valence-electron chi connectivity index (χ4n) is 3.78. The molecule has 1 amide bonds. The molecule has 2 N–H and O–H groups in total. The molecular weight excluding hydrogens is 381 g/mol. The Kier molecular flexibility index (Phi) is 5.99. The number of nitrogen functional groups attached to an aromatic ring is 1. The van der Waals surface area contributed by atoms with Gasteiger partial charge >= 0.3 is 6.18 Å². The zero-order valence-electron chi connectivity index (χ0n) is 15.5. The maximum absolute atomic E-state index is 13.6. The molecule has 9 heteroatoms. The van der Waals surface area contributed by atoms with Gasteiger partial charge in [-0.2, -0.15) is 13.2 Å². The largest absolute Gasteiger partial charge is 0.419 e. The van der Waals surface area contributed by atoms with Crippen LogP contribution in [0, 0.1) is 5.92 Å². The van der Waals surface area contributed by atoms with E-state index in [1.165, 1.54) is 0 Å². The summed E-state index contributed by atoms with van der Waals surface area (Å²) in [5, 5.41) is 0.0913. The highest BCUT2D eigenvalue weighted by Crippen LogP contribution is 2.43. The predicted octanol–water partition coefficient (Wildman–Crippen LogP) is 3.96. The molecule has 3 heterocycles. The molecule has 1 aliphatic heterocycles. The lowest BCUT2D eigenvalue weighted by atomic mass is 9.88. The Balaban J connectivity index is 0.00000261. The van der Waals surface area contributed by atoms with Crippen molar-refractivity contribution < 1.29 is 18.0 Å². The summed E-state index contributed by atoms with van der Waals surface area (Å²) in [5.74, 6) is -0.0483. The Morgan fingerprint density at radius 1 is 1.30 bits per heavy atom. The van der Waals surface area contributed by atoms with Gasteiger partial charge in [0, 0.05) is 37.6 Å². The maximum Gasteiger partial charge on any atom is 0.419 e. The molecular formula is C18H24ClF3N4O. The molecule has 150 valence electrons. The molecule has 3 rings (SSSR count). The van der Waals surface area contributed by atoms with E-state index in [0.29, 0.717) is 31.5 Å². The van der Waals surface area contributed by atoms with Crippen LogP contribution in [-0.2, 0) is 18.0 Å². The lowest BCUT2D eigenvalue weighted by molar-refractivity contribution is -0.136. The highest BCUT2D eigenvalue weighted by Gasteiger charge is 2.38. The zero-order valence-corrected chi connectivity index (χ0v) is 16.3. The van der Waals surface area contributed by atoms with Gasteiger partial charge in [0.05, 0.1) is 17.4 Å². The third-order valence-corrected chi connectivity index (χ3v) is 5.07. The number of halogens is 4. The van der Waals surface area contributed by atoms with Gasteiger partial charge in [-0.05, 0) is 24.3 Å². The third-order valence-electron chi connectivity index (χ3n) is 5.07. The molecule has 0 saturated carbocycles. The van der Waals surface area contributed by atoms with Crippen LogP contribution in [0.3, 0.4) is 0 Å². The maximum atomic E-state index is 13.6. The van der Waals surface area contributed by atoms with Crippen LogP contribution in [-0.4, -0.2) is 33.4 Å². The van der Waals surface area contributed by atoms with E-state index in [9.17, 15) is 18.0 Å². The molecule has 2 aromatic heterocycles. The van der Waals surface area contributed by atoms with Gasteiger partial charge in [0.1, 0.15) is 5.65 Å². The molecule has 0 radical (unpaired) electrons. The molecule has 0 atom stereocenters. The van der Waals surface area contributed by atoms with E-state index in [-0.39, 0.29) is 46.9 Å². The minimum atomic E-state index is -4.55. The summed E-state index contributed by atoms with van der Waals surface area (Å²) in [6, 6.07) is 0. The Labute approximate surface area is 162 Å². The van der Waals surface area contributed by atoms with Gasteiger partial charge in [0.15, 0.2) is 0 Å². The Bertz CT molecular complexity index is 839. The molecule has 0 unspecified atom stereocenters. The lowest BCUT2D eigenvalue weighted by Crippen LogP contribution is -2.40. The number of rotatable bonds is 2. The van der Waals surface area contributed by atoms with E-state index in [0.717, 1.165) is 6.20 Å². The molecule has 0 spiro atoms. The number of nitrogens with zero attached hydrogens (tertiary/aromatic N) is 3. The number of aromatic nitrogens is 2. The van der Waals surface area contributed by atoms with E-state index in [1.807, 2.05) is 13.8 Å². The van der Waals surface area contributed by atoms with Crippen LogP contribution in [0.2, 0.25) is 0 Å². The van der Waals surface area contributed by atoms with Crippen LogP contribution in [0.1, 0.15) is 43.7 Å². The van der Waals surface area contributed by atoms with Gasteiger partial charge in [0.25, 0.3) is 0 Å². The normalized spacial score (nSPS) is 16.0. The quantitative estimate of drug-likeness (QED) is 0.824. The molecule has 0 aromatic carbocycles. The van der Waals surface area contributed by atoms with Gasteiger partial charge in [-0.3, -0.25) is 4.79 Å². The minimum Gasteiger partial charge on any atom is -0.397 e. The van der Waals surface area contributed by atoms with Crippen molar-refractivity contribution in [2.75, 3.05) is 18.8 Å². The Hall–Kier alpha value is -1.96. The summed E-state index contributed by atoms with van der Waals surface area (Å²) in [4.78, 5) is 18.0. The number of carbonyl (C=O) groups is 1. The number of hydrogen-bond acceptors (Lipinski definition) is 3. The van der Waals surface area contributed by atoms with Gasteiger partial charge < -0.3 is 15.2 Å². The summed E-state index contributed by atoms with van der Waals surface area (Å²) < 4.78 is 42.5. The molecule has 1 aliphatic rings. The molecule has 1 saturated heterocycles. The fraction of sp³-hybridized carbons (Fsp3) is 0.556. The standard InChI is InChI=1S/C18H23F3N4O.ClH/c1-10(2)17(26)25-6-4-11(5-7-25)12-9-24(3)16-14(12)15(18(19,20)21)13(22)8-23-16;/h8-11H,4-7,22H2,1-3H3;1H. The van der Waals surface area contributed by atoms with E-state index >= 15 is 0 Å². The number of nitrogens with two attached hydrogens (primary N) is 1. The minimum absolute atomic E-state index is 0. The SMILES string of the molecule is CC(C)C(=O)N1CCC(c2cn(C)c3ncc(N)c(C(F)(F)F)c23)CC1.Cl. The monoisotopic (exact) mass is 404 g/mol. The second kappa shape index (κ2) is 7.58. The number of amides is 1. The van der Waals surface area contributed by atoms with Crippen LogP contribution < -0.4 is 5.73 Å². The molecule has 5 nitrogen and oxygen atoms in total. The van der Waals surface area contributed by atoms with Crippen molar-refractivity contribution >= 4 is 35.0 Å². The highest BCUT2D eigenvalue weighted by atomic mass is 35.5. The molecule has 0 bridgehead atoms. The first-order valence-corrected chi connectivity index (χ1v) is 8.70. The van der Waals surface area contributed by atoms with Crippen molar-refractivity contribution in [3.63, 3.8) is 0 Å². The number of hydrogen-bond donors (Lipinski definition) is 1. The summed E-state index contributed by atoms with van der Waals surface area (Å²) in [7, 11) is 1.69. The van der Waals surface area contributed by atoms with Crippen LogP contribution >= 0.6 is 12.4 Å². The predicted molar refractivity (Wildman–Crippen MR) is 101 cm³/mol. The topological polar surface area (TPSA) is 64.2 Å². The molecule has 0 aliphatic carbocycles. The fourth-order valence-corrected chi connectivity index (χ4v) is 3.78. The van der Waals surface area contributed by atoms with Crippen molar-refractivity contribution in [3.05, 3.63) is 23.5 Å². The number of fused-ring (bicyclic) bond motifs is 1. The van der Waals surface area contributed by atoms with Gasteiger partial charge in [0.2, 0.25) is 5.91 Å². The first-order chi connectivity index (χ1) is 12.1. The van der Waals surface area contributed by atoms with Crippen LogP contribution in [0.5, 0.6) is 0 Å². The third kappa shape index (κ3) is 3.85. The number of piperidine rings is 1. The highest BCUT2D eigenvalue weighted by molar-refractivity contribution is 5.89. The van der Waals surface area contributed by atoms with Crippen molar-refractivity contribution in [3.8, 4) is 0 Å². The van der Waals surface area contributed by atoms with Crippen LogP contribution in [0.15, 0.2) is 12.4 Å². The number of aryl methyl sites for hydroxylation is 1. The Morgan fingerprint density at radius 3 is 2.41 bits per heavy atom. The molecule has 2 aromatic rings. The summed E-state index contributed by atoms with van der Waals surface area (Å²) in [6.07, 6.45) is -0.501. The van der Waals surface area contributed by atoms with Gasteiger partial charge in [-0.25, -0.2) is 4.98 Å². The number of alkyl halides is 3. The lowest BCUT2D eigenvalue weighted by Gasteiger charge is -2.33. The summed E-state index contributed by atoms with van der Waals surface area (Å²) in [5.41, 5.74) is 5.36. The van der Waals surface area contributed by atoms with E-state index in [2.05, 4.69) is 4.98 Å². The van der Waals surface area contributed by atoms with E-state index < -0.39 is 11.7 Å². The first kappa shape index (κ1) is 21.3. The zero-order chi connectivity index (χ0) is 19.2. The number of carbonyl (C=O) groups excluding carboxylic acids is 1. The van der Waals surface area contributed by atoms with Crippen molar-refractivity contribution in [2.45, 2.75) is 38.8 Å². The second-order valence-electron chi connectivity index (χ2n) is 7.23. The van der Waals surface area contributed by atoms with E-state index in [1.54, 1.807) is 22.7 Å². The number of likely N-dealkylation sites (tertiary alicyclic amines) is 1. The van der Waals surface area contributed by atoms with E-state index in [4.69, 9.17) is 5.73 Å². The average Bonchev–Trinajstić information content (AvgIpc) is 2.89. The van der Waals surface area contributed by atoms with Crippen molar-refractivity contribution in [2.24, 2.45) is 13.0 Å². The summed E-state index contributed by atoms with van der Waals surface area (Å²) in [6.45, 7) is 4.80. The molecule has 1 fully saturated rings. The average molecular weight is 405 g/mol. The van der Waals surface area contributed by atoms with Crippen molar-refractivity contribution in [1.82, 2.24) is 14.5 Å². The first-order valence-electron chi connectivity index (χ1n) is 8.70. The summed E-state index contributed by atoms with van der Waals surface area (Å²) >= 11 is 0. The van der Waals surface area contributed by atoms with Crippen LogP contribution in [0.25, 0.3) is 11.0 Å². The van der Waals surface area contributed by atoms with Crippen molar-refractivity contribution in [1.29, 1.82) is 0 Å². The number of pyridine rings is 1. The Morgan fingerprint density at radius 2 is 1.89 bits per heavy atom. The van der Waals surface area contributed by atoms with Gasteiger partial charge in [-0.1, -0.05) is 13.8 Å². The molecule has 27 heavy (non-hydrogen) atoms.